The first-order valence-electron chi connectivity index (χ1n) is 8.26. The molecule has 0 aliphatic heterocycles. The second-order valence-corrected chi connectivity index (χ2v) is 10.4. The highest BCUT2D eigenvalue weighted by Crippen LogP contribution is 2.33. The molecule has 0 unspecified atom stereocenters. The van der Waals surface area contributed by atoms with Crippen LogP contribution >= 0.6 is 54.5 Å². The zero-order chi connectivity index (χ0) is 19.7. The molecule has 2 aromatic heterocycles. The van der Waals surface area contributed by atoms with Crippen molar-refractivity contribution in [1.29, 1.82) is 0 Å². The fraction of sp³-hybridized carbons (Fsp3) is 0.0500. The molecule has 2 heterocycles. The number of carbonyl (C=O) groups is 1. The van der Waals surface area contributed by atoms with E-state index < -0.39 is 0 Å². The summed E-state index contributed by atoms with van der Waals surface area (Å²) < 4.78 is 2.85. The predicted octanol–water partition coefficient (Wildman–Crippen LogP) is 6.87. The molecule has 0 saturated heterocycles. The first-order chi connectivity index (χ1) is 13.5. The molecule has 0 radical (unpaired) electrons. The van der Waals surface area contributed by atoms with Gasteiger partial charge in [-0.1, -0.05) is 57.1 Å². The summed E-state index contributed by atoms with van der Waals surface area (Å²) in [7, 11) is 0. The lowest BCUT2D eigenvalue weighted by Crippen LogP contribution is -2.24. The summed E-state index contributed by atoms with van der Waals surface area (Å²) in [5.41, 5.74) is 2.92. The molecule has 4 rings (SSSR count). The second kappa shape index (κ2) is 8.24. The highest BCUT2D eigenvalue weighted by atomic mass is 79.9. The number of hydrogen-bond acceptors (Lipinski definition) is 5. The molecule has 0 aliphatic rings. The molecule has 28 heavy (non-hydrogen) atoms. The molecule has 0 N–H and O–H groups in total. The molecule has 4 aromatic rings. The topological polar surface area (TPSA) is 45.6 Å². The number of nitrogens with zero attached hydrogens (tertiary/aromatic N) is 3. The van der Waals surface area contributed by atoms with Gasteiger partial charge in [0, 0.05) is 4.47 Å². The molecule has 0 bridgehead atoms. The van der Waals surface area contributed by atoms with E-state index in [0.717, 1.165) is 24.0 Å². The largest absolute Gasteiger partial charge is 0.290 e. The van der Waals surface area contributed by atoms with Gasteiger partial charge < -0.3 is 0 Å². The summed E-state index contributed by atoms with van der Waals surface area (Å²) in [6.07, 6.45) is 1.68. The number of aromatic nitrogens is 1. The van der Waals surface area contributed by atoms with Crippen LogP contribution in [0.4, 0.5) is 5.13 Å². The average molecular weight is 535 g/mol. The van der Waals surface area contributed by atoms with Gasteiger partial charge in [0.2, 0.25) is 5.13 Å². The fourth-order valence-corrected chi connectivity index (χ4v) is 5.26. The molecule has 0 aliphatic carbocycles. The van der Waals surface area contributed by atoms with Crippen LogP contribution in [0.1, 0.15) is 20.8 Å². The van der Waals surface area contributed by atoms with Crippen LogP contribution in [0.25, 0.3) is 10.2 Å². The van der Waals surface area contributed by atoms with Crippen molar-refractivity contribution in [1.82, 2.24) is 4.98 Å². The number of hydrazone groups is 1. The van der Waals surface area contributed by atoms with Crippen molar-refractivity contribution < 1.29 is 4.79 Å². The predicted molar refractivity (Wildman–Crippen MR) is 125 cm³/mol. The summed E-state index contributed by atoms with van der Waals surface area (Å²) in [6, 6.07) is 17.5. The molecule has 0 fully saturated rings. The maximum Gasteiger partial charge on any atom is 0.290 e. The monoisotopic (exact) mass is 533 g/mol. The second-order valence-electron chi connectivity index (χ2n) is 5.98. The Morgan fingerprint density at radius 2 is 1.86 bits per heavy atom. The number of amides is 1. The Kier molecular flexibility index (Phi) is 5.73. The lowest BCUT2D eigenvalue weighted by molar-refractivity contribution is 0.0991. The smallest absolute Gasteiger partial charge is 0.266 e. The number of anilines is 1. The zero-order valence-corrected chi connectivity index (χ0v) is 19.4. The zero-order valence-electron chi connectivity index (χ0n) is 14.6. The van der Waals surface area contributed by atoms with E-state index in [0.29, 0.717) is 10.0 Å². The third-order valence-electron chi connectivity index (χ3n) is 3.90. The standard InChI is InChI=1S/C20H13Br2N3OS2/c1-12-2-4-13(5-3-12)11-23-25(19(26)16-8-9-18(22)27-16)20-24-15-7-6-14(21)10-17(15)28-20/h2-11H,1H3/b23-11+. The van der Waals surface area contributed by atoms with E-state index in [2.05, 4.69) is 41.9 Å². The molecular formula is C20H13Br2N3OS2. The van der Waals surface area contributed by atoms with Gasteiger partial charge in [0.05, 0.1) is 25.1 Å². The molecule has 0 atom stereocenters. The number of carbonyl (C=O) groups excluding carboxylic acids is 1. The Labute approximate surface area is 186 Å². The van der Waals surface area contributed by atoms with E-state index in [1.54, 1.807) is 12.3 Å². The number of thiazole rings is 1. The number of rotatable bonds is 4. The molecule has 1 amide bonds. The summed E-state index contributed by atoms with van der Waals surface area (Å²) in [5.74, 6) is -0.211. The normalized spacial score (nSPS) is 11.4. The summed E-state index contributed by atoms with van der Waals surface area (Å²) in [5, 5.41) is 6.39. The number of hydrogen-bond donors (Lipinski definition) is 0. The van der Waals surface area contributed by atoms with Gasteiger partial charge in [0.15, 0.2) is 0 Å². The van der Waals surface area contributed by atoms with E-state index >= 15 is 0 Å². The van der Waals surface area contributed by atoms with Gasteiger partial charge >= 0.3 is 0 Å². The van der Waals surface area contributed by atoms with Crippen LogP contribution in [0.15, 0.2) is 68.0 Å². The first kappa shape index (κ1) is 19.4. The Bertz CT molecular complexity index is 1180. The van der Waals surface area contributed by atoms with Gasteiger partial charge in [-0.15, -0.1) is 11.3 Å². The number of aryl methyl sites for hydroxylation is 1. The van der Waals surface area contributed by atoms with E-state index in [4.69, 9.17) is 0 Å². The lowest BCUT2D eigenvalue weighted by atomic mass is 10.2. The van der Waals surface area contributed by atoms with E-state index in [9.17, 15) is 4.79 Å². The molecule has 0 saturated carbocycles. The Balaban J connectivity index is 1.75. The number of fused-ring (bicyclic) bond motifs is 1. The van der Waals surface area contributed by atoms with Gasteiger partial charge in [0.25, 0.3) is 5.91 Å². The highest BCUT2D eigenvalue weighted by Gasteiger charge is 2.22. The fourth-order valence-electron chi connectivity index (χ4n) is 2.48. The maximum atomic E-state index is 13.1. The first-order valence-corrected chi connectivity index (χ1v) is 11.5. The molecule has 4 nitrogen and oxygen atoms in total. The van der Waals surface area contributed by atoms with Gasteiger partial charge in [-0.05, 0) is 58.7 Å². The van der Waals surface area contributed by atoms with Crippen molar-refractivity contribution in [2.45, 2.75) is 6.92 Å². The van der Waals surface area contributed by atoms with Crippen LogP contribution in [-0.4, -0.2) is 17.1 Å². The molecule has 2 aromatic carbocycles. The number of halogens is 2. The van der Waals surface area contributed by atoms with E-state index in [1.807, 2.05) is 55.5 Å². The number of benzene rings is 2. The highest BCUT2D eigenvalue weighted by molar-refractivity contribution is 9.11. The van der Waals surface area contributed by atoms with Crippen molar-refractivity contribution in [2.24, 2.45) is 5.10 Å². The van der Waals surface area contributed by atoms with Crippen LogP contribution in [0, 0.1) is 6.92 Å². The van der Waals surface area contributed by atoms with E-state index in [-0.39, 0.29) is 5.91 Å². The minimum atomic E-state index is -0.211. The summed E-state index contributed by atoms with van der Waals surface area (Å²) in [6.45, 7) is 2.03. The Morgan fingerprint density at radius 3 is 2.57 bits per heavy atom. The minimum Gasteiger partial charge on any atom is -0.266 e. The van der Waals surface area contributed by atoms with Gasteiger partial charge in [-0.2, -0.15) is 10.1 Å². The maximum absolute atomic E-state index is 13.1. The SMILES string of the molecule is Cc1ccc(/C=N/N(C(=O)c2ccc(Br)s2)c2nc3ccc(Br)cc3s2)cc1. The molecule has 8 heteroatoms. The quantitative estimate of drug-likeness (QED) is 0.212. The Morgan fingerprint density at radius 1 is 1.07 bits per heavy atom. The van der Waals surface area contributed by atoms with Crippen LogP contribution in [0.3, 0.4) is 0 Å². The third-order valence-corrected chi connectivity index (χ3v) is 6.99. The van der Waals surface area contributed by atoms with Crippen molar-refractivity contribution in [3.05, 3.63) is 78.9 Å². The number of thiophene rings is 1. The van der Waals surface area contributed by atoms with Gasteiger partial charge in [0.1, 0.15) is 0 Å². The van der Waals surface area contributed by atoms with Crippen LogP contribution in [0.2, 0.25) is 0 Å². The average Bonchev–Trinajstić information content (AvgIpc) is 3.29. The van der Waals surface area contributed by atoms with Crippen LogP contribution < -0.4 is 5.01 Å². The van der Waals surface area contributed by atoms with Crippen LogP contribution in [-0.2, 0) is 0 Å². The van der Waals surface area contributed by atoms with E-state index in [1.165, 1.54) is 33.2 Å². The summed E-state index contributed by atoms with van der Waals surface area (Å²) >= 11 is 9.70. The minimum absolute atomic E-state index is 0.211. The Hall–Kier alpha value is -1.87. The third kappa shape index (κ3) is 4.25. The molecule has 140 valence electrons. The van der Waals surface area contributed by atoms with Gasteiger partial charge in [-0.25, -0.2) is 4.98 Å². The van der Waals surface area contributed by atoms with Crippen LogP contribution in [0.5, 0.6) is 0 Å². The van der Waals surface area contributed by atoms with Gasteiger partial charge in [-0.3, -0.25) is 4.79 Å². The van der Waals surface area contributed by atoms with Crippen molar-refractivity contribution in [3.63, 3.8) is 0 Å². The molecule has 0 spiro atoms. The summed E-state index contributed by atoms with van der Waals surface area (Å²) in [4.78, 5) is 18.3. The lowest BCUT2D eigenvalue weighted by Gasteiger charge is -2.12. The van der Waals surface area contributed by atoms with Crippen molar-refractivity contribution in [2.75, 3.05) is 5.01 Å². The van der Waals surface area contributed by atoms with Crippen molar-refractivity contribution >= 4 is 82.0 Å². The molecular weight excluding hydrogens is 522 g/mol. The van der Waals surface area contributed by atoms with Crippen molar-refractivity contribution in [3.8, 4) is 0 Å².